The molecule has 38 heavy (non-hydrogen) atoms. The third-order valence-corrected chi connectivity index (χ3v) is 6.06. The lowest BCUT2D eigenvalue weighted by molar-refractivity contribution is -0.118. The molecule has 4 rings (SSSR count). The molecule has 3 aromatic carbocycles. The molecule has 0 radical (unpaired) electrons. The van der Waals surface area contributed by atoms with Crippen LogP contribution >= 0.6 is 0 Å². The maximum atomic E-state index is 13.6. The van der Waals surface area contributed by atoms with E-state index in [0.717, 1.165) is 11.1 Å². The van der Waals surface area contributed by atoms with Crippen LogP contribution in [0.25, 0.3) is 22.3 Å². The van der Waals surface area contributed by atoms with Crippen molar-refractivity contribution in [1.82, 2.24) is 0 Å². The van der Waals surface area contributed by atoms with E-state index in [1.54, 1.807) is 48.5 Å². The first-order chi connectivity index (χ1) is 18.3. The quantitative estimate of drug-likeness (QED) is 0.329. The molecule has 0 saturated heterocycles. The number of carbonyl (C=O) groups is 2. The van der Waals surface area contributed by atoms with Crippen molar-refractivity contribution >= 4 is 28.5 Å². The maximum absolute atomic E-state index is 13.6. The van der Waals surface area contributed by atoms with Gasteiger partial charge in [-0.15, -0.1) is 0 Å². The largest absolute Gasteiger partial charge is 0.493 e. The number of methoxy groups -OCH3 is 3. The molecular formula is C29H27NO8. The Morgan fingerprint density at radius 1 is 0.895 bits per heavy atom. The van der Waals surface area contributed by atoms with E-state index in [1.165, 1.54) is 27.4 Å². The zero-order valence-corrected chi connectivity index (χ0v) is 21.7. The Morgan fingerprint density at radius 3 is 2.32 bits per heavy atom. The van der Waals surface area contributed by atoms with Crippen molar-refractivity contribution in [3.63, 3.8) is 0 Å². The van der Waals surface area contributed by atoms with E-state index >= 15 is 0 Å². The second-order valence-corrected chi connectivity index (χ2v) is 8.47. The third-order valence-electron chi connectivity index (χ3n) is 6.06. The van der Waals surface area contributed by atoms with Crippen LogP contribution < -0.4 is 25.0 Å². The monoisotopic (exact) mass is 517 g/mol. The fraction of sp³-hybridized carbons (Fsp3) is 0.207. The molecule has 4 aromatic rings. The smallest absolute Gasteiger partial charge is 0.339 e. The number of nitrogens with one attached hydrogen (secondary N) is 1. The fourth-order valence-electron chi connectivity index (χ4n) is 3.94. The predicted molar refractivity (Wildman–Crippen MR) is 142 cm³/mol. The number of fused-ring (bicyclic) bond motifs is 1. The van der Waals surface area contributed by atoms with Gasteiger partial charge in [0.15, 0.2) is 23.9 Å². The third kappa shape index (κ3) is 5.17. The summed E-state index contributed by atoms with van der Waals surface area (Å²) in [6, 6.07) is 15.0. The van der Waals surface area contributed by atoms with Gasteiger partial charge in [-0.25, -0.2) is 4.79 Å². The maximum Gasteiger partial charge on any atom is 0.339 e. The summed E-state index contributed by atoms with van der Waals surface area (Å²) in [5, 5.41) is 2.95. The number of hydrogen-bond donors (Lipinski definition) is 1. The van der Waals surface area contributed by atoms with Crippen LogP contribution in [0.2, 0.25) is 0 Å². The van der Waals surface area contributed by atoms with Gasteiger partial charge in [0.05, 0.1) is 38.0 Å². The number of amides is 1. The average Bonchev–Trinajstić information content (AvgIpc) is 2.93. The summed E-state index contributed by atoms with van der Waals surface area (Å²) in [4.78, 5) is 38.4. The van der Waals surface area contributed by atoms with Gasteiger partial charge in [0.1, 0.15) is 5.58 Å². The highest BCUT2D eigenvalue weighted by molar-refractivity contribution is 6.01. The van der Waals surface area contributed by atoms with Gasteiger partial charge < -0.3 is 28.7 Å². The number of aryl methyl sites for hydroxylation is 2. The molecule has 0 aliphatic carbocycles. The zero-order valence-electron chi connectivity index (χ0n) is 21.7. The van der Waals surface area contributed by atoms with Gasteiger partial charge in [-0.2, -0.15) is 0 Å². The number of rotatable bonds is 8. The minimum atomic E-state index is -0.599. The number of esters is 1. The average molecular weight is 518 g/mol. The standard InChI is InChI=1S/C29H27NO8/c1-16-12-20-23(13-17(16)2)38-27(18-10-11-22(34-3)24(14-18)35-4)28(26(20)32)37-15-25(31)30-21-9-7-6-8-19(21)29(33)36-5/h6-14H,15H2,1-5H3,(H,30,31). The molecule has 9 heteroatoms. The molecule has 0 spiro atoms. The van der Waals surface area contributed by atoms with Crippen molar-refractivity contribution in [3.8, 4) is 28.6 Å². The van der Waals surface area contributed by atoms with E-state index in [4.69, 9.17) is 23.4 Å². The Morgan fingerprint density at radius 2 is 1.61 bits per heavy atom. The fourth-order valence-corrected chi connectivity index (χ4v) is 3.94. The van der Waals surface area contributed by atoms with Crippen LogP contribution in [0.3, 0.4) is 0 Å². The molecule has 0 atom stereocenters. The number of para-hydroxylation sites is 1. The summed E-state index contributed by atoms with van der Waals surface area (Å²) < 4.78 is 27.4. The summed E-state index contributed by atoms with van der Waals surface area (Å²) in [6.07, 6.45) is 0. The van der Waals surface area contributed by atoms with Crippen molar-refractivity contribution in [2.45, 2.75) is 13.8 Å². The van der Waals surface area contributed by atoms with Gasteiger partial charge in [0.25, 0.3) is 5.91 Å². The summed E-state index contributed by atoms with van der Waals surface area (Å²) in [5.74, 6) is -0.260. The molecule has 0 aliphatic heterocycles. The lowest BCUT2D eigenvalue weighted by atomic mass is 10.0. The van der Waals surface area contributed by atoms with Crippen LogP contribution in [-0.2, 0) is 9.53 Å². The van der Waals surface area contributed by atoms with Crippen LogP contribution in [0.15, 0.2) is 63.8 Å². The highest BCUT2D eigenvalue weighted by Crippen LogP contribution is 2.37. The van der Waals surface area contributed by atoms with Gasteiger partial charge in [-0.1, -0.05) is 12.1 Å². The van der Waals surface area contributed by atoms with Gasteiger partial charge in [-0.05, 0) is 67.4 Å². The van der Waals surface area contributed by atoms with Crippen LogP contribution in [0.1, 0.15) is 21.5 Å². The number of ether oxygens (including phenoxy) is 4. The zero-order chi connectivity index (χ0) is 27.4. The van der Waals surface area contributed by atoms with E-state index in [-0.39, 0.29) is 22.8 Å². The molecule has 9 nitrogen and oxygen atoms in total. The SMILES string of the molecule is COC(=O)c1ccccc1NC(=O)COc1c(-c2ccc(OC)c(OC)c2)oc2cc(C)c(C)cc2c1=O. The van der Waals surface area contributed by atoms with Crippen LogP contribution in [0, 0.1) is 13.8 Å². The summed E-state index contributed by atoms with van der Waals surface area (Å²) in [7, 11) is 4.27. The molecule has 196 valence electrons. The normalized spacial score (nSPS) is 10.7. The highest BCUT2D eigenvalue weighted by Gasteiger charge is 2.21. The molecule has 0 aliphatic rings. The Labute approximate surface area is 218 Å². The van der Waals surface area contributed by atoms with E-state index in [0.29, 0.717) is 28.0 Å². The van der Waals surface area contributed by atoms with Crippen molar-refractivity contribution in [2.75, 3.05) is 33.3 Å². The predicted octanol–water partition coefficient (Wildman–Crippen LogP) is 4.90. The molecule has 1 aromatic heterocycles. The Balaban J connectivity index is 1.74. The Hall–Kier alpha value is -4.79. The van der Waals surface area contributed by atoms with E-state index < -0.39 is 23.9 Å². The minimum absolute atomic E-state index is 0.134. The summed E-state index contributed by atoms with van der Waals surface area (Å²) in [6.45, 7) is 3.30. The van der Waals surface area contributed by atoms with E-state index in [2.05, 4.69) is 5.32 Å². The highest BCUT2D eigenvalue weighted by atomic mass is 16.5. The lowest BCUT2D eigenvalue weighted by Gasteiger charge is -2.15. The van der Waals surface area contributed by atoms with Crippen molar-refractivity contribution in [3.05, 3.63) is 81.5 Å². The van der Waals surface area contributed by atoms with Gasteiger partial charge in [-0.3, -0.25) is 9.59 Å². The van der Waals surface area contributed by atoms with Crippen molar-refractivity contribution in [2.24, 2.45) is 0 Å². The molecule has 0 bridgehead atoms. The second-order valence-electron chi connectivity index (χ2n) is 8.47. The Kier molecular flexibility index (Phi) is 7.66. The van der Waals surface area contributed by atoms with Gasteiger partial charge in [0.2, 0.25) is 11.2 Å². The number of benzene rings is 3. The summed E-state index contributed by atoms with van der Waals surface area (Å²) in [5.41, 5.74) is 2.75. The molecule has 1 amide bonds. The molecule has 1 heterocycles. The lowest BCUT2D eigenvalue weighted by Crippen LogP contribution is -2.23. The molecule has 1 N–H and O–H groups in total. The molecule has 0 saturated carbocycles. The van der Waals surface area contributed by atoms with Crippen LogP contribution in [0.4, 0.5) is 5.69 Å². The number of carbonyl (C=O) groups excluding carboxylic acids is 2. The molecule has 0 fully saturated rings. The summed E-state index contributed by atoms with van der Waals surface area (Å²) >= 11 is 0. The molecule has 0 unspecified atom stereocenters. The first-order valence-electron chi connectivity index (χ1n) is 11.7. The van der Waals surface area contributed by atoms with Crippen LogP contribution in [-0.4, -0.2) is 39.8 Å². The topological polar surface area (TPSA) is 113 Å². The van der Waals surface area contributed by atoms with E-state index in [1.807, 2.05) is 13.8 Å². The van der Waals surface area contributed by atoms with Crippen molar-refractivity contribution < 1.29 is 33.0 Å². The minimum Gasteiger partial charge on any atom is -0.493 e. The first-order valence-corrected chi connectivity index (χ1v) is 11.7. The van der Waals surface area contributed by atoms with Gasteiger partial charge >= 0.3 is 5.97 Å². The number of hydrogen-bond acceptors (Lipinski definition) is 8. The molecular weight excluding hydrogens is 490 g/mol. The number of anilines is 1. The van der Waals surface area contributed by atoms with E-state index in [9.17, 15) is 14.4 Å². The van der Waals surface area contributed by atoms with Crippen molar-refractivity contribution in [1.29, 1.82) is 0 Å². The second kappa shape index (κ2) is 11.1. The Bertz CT molecular complexity index is 1590. The van der Waals surface area contributed by atoms with Crippen LogP contribution in [0.5, 0.6) is 17.2 Å². The first kappa shape index (κ1) is 26.3. The van der Waals surface area contributed by atoms with Gasteiger partial charge in [0, 0.05) is 5.56 Å².